The summed E-state index contributed by atoms with van der Waals surface area (Å²) in [5.41, 5.74) is -0.729. The minimum atomic E-state index is -1.80. The van der Waals surface area contributed by atoms with Crippen LogP contribution in [0, 0.1) is 11.8 Å². The van der Waals surface area contributed by atoms with Crippen LogP contribution in [0.2, 0.25) is 0 Å². The van der Waals surface area contributed by atoms with Gasteiger partial charge in [0.1, 0.15) is 23.0 Å². The third kappa shape index (κ3) is 3.90. The summed E-state index contributed by atoms with van der Waals surface area (Å²) in [5.74, 6) is -1.29. The Kier molecular flexibility index (Phi) is 6.31. The van der Waals surface area contributed by atoms with Crippen molar-refractivity contribution in [3.8, 4) is 5.88 Å². The largest absolute Gasteiger partial charge is 0.611 e. The second-order valence-corrected chi connectivity index (χ2v) is 10.9. The van der Waals surface area contributed by atoms with Crippen molar-refractivity contribution in [1.82, 2.24) is 10.1 Å². The van der Waals surface area contributed by atoms with Crippen LogP contribution in [0.4, 0.5) is 0 Å². The molecule has 0 fully saturated rings. The number of fused-ring (bicyclic) bond motifs is 2. The van der Waals surface area contributed by atoms with Crippen LogP contribution in [-0.2, 0) is 17.8 Å². The van der Waals surface area contributed by atoms with Crippen molar-refractivity contribution in [3.05, 3.63) is 89.7 Å². The van der Waals surface area contributed by atoms with Gasteiger partial charge in [0.15, 0.2) is 10.7 Å². The highest BCUT2D eigenvalue weighted by atomic mass is 32.2. The number of nitrogens with zero attached hydrogens (tertiary/aromatic N) is 2. The Bertz CT molecular complexity index is 1230. The Morgan fingerprint density at radius 3 is 2.43 bits per heavy atom. The minimum Gasteiger partial charge on any atom is -0.611 e. The summed E-state index contributed by atoms with van der Waals surface area (Å²) in [6.07, 6.45) is 3.68. The van der Waals surface area contributed by atoms with Crippen molar-refractivity contribution in [3.63, 3.8) is 0 Å². The lowest BCUT2D eigenvalue weighted by Crippen LogP contribution is -2.62. The molecule has 0 amide bonds. The van der Waals surface area contributed by atoms with Gasteiger partial charge in [0.2, 0.25) is 5.78 Å². The molecule has 3 aromatic rings. The monoisotopic (exact) mass is 492 g/mol. The molecular formula is C27H28N2O5S. The second kappa shape index (κ2) is 9.28. The van der Waals surface area contributed by atoms with Gasteiger partial charge in [0.05, 0.1) is 6.04 Å². The van der Waals surface area contributed by atoms with Crippen LogP contribution in [0.25, 0.3) is 0 Å². The van der Waals surface area contributed by atoms with Crippen LogP contribution in [0.3, 0.4) is 0 Å². The third-order valence-corrected chi connectivity index (χ3v) is 8.88. The predicted molar refractivity (Wildman–Crippen MR) is 131 cm³/mol. The summed E-state index contributed by atoms with van der Waals surface area (Å²) < 4.78 is 25.0. The highest BCUT2D eigenvalue weighted by Crippen LogP contribution is 2.53. The number of rotatable bonds is 6. The zero-order chi connectivity index (χ0) is 24.7. The fourth-order valence-electron chi connectivity index (χ4n) is 5.21. The van der Waals surface area contributed by atoms with Crippen molar-refractivity contribution in [1.29, 1.82) is 0 Å². The van der Waals surface area contributed by atoms with Crippen LogP contribution in [-0.4, -0.2) is 50.4 Å². The molecule has 8 heteroatoms. The molecule has 1 unspecified atom stereocenters. The Morgan fingerprint density at radius 1 is 1.11 bits per heavy atom. The van der Waals surface area contributed by atoms with Crippen molar-refractivity contribution >= 4 is 17.0 Å². The number of carbonyl (C=O) groups excluding carboxylic acids is 1. The Morgan fingerprint density at radius 2 is 1.77 bits per heavy atom. The van der Waals surface area contributed by atoms with Gasteiger partial charge in [-0.2, -0.15) is 0 Å². The molecule has 7 nitrogen and oxygen atoms in total. The zero-order valence-electron chi connectivity index (χ0n) is 19.8. The number of hydrogen-bond donors (Lipinski definition) is 1. The highest BCUT2D eigenvalue weighted by molar-refractivity contribution is 7.92. The van der Waals surface area contributed by atoms with Gasteiger partial charge in [-0.15, -0.1) is 0 Å². The molecule has 2 aliphatic carbocycles. The third-order valence-electron chi connectivity index (χ3n) is 7.09. The fraction of sp³-hybridized carbons (Fsp3) is 0.333. The standard InChI is InChI=1S/C27H28N2O5S/c1-17-21(35(32)19-12-8-5-9-13-19)15-14-20-23(29(2)3)24-22(25(30)27(17,20)31)26(28-34-24)33-16-18-10-6-4-7-11-18/h4-15,17,20-21,23,31H,16H2,1-3H3/t17-,20+,21-,23+,27-,35?/m1/s1. The number of aromatic nitrogens is 1. The first kappa shape index (κ1) is 23.8. The number of ether oxygens (including phenoxy) is 1. The Labute approximate surface area is 207 Å². The molecule has 2 aromatic carbocycles. The summed E-state index contributed by atoms with van der Waals surface area (Å²) in [5, 5.41) is 15.6. The molecule has 5 rings (SSSR count). The first-order valence-electron chi connectivity index (χ1n) is 11.6. The van der Waals surface area contributed by atoms with Crippen LogP contribution in [0.15, 0.2) is 82.2 Å². The summed E-state index contributed by atoms with van der Waals surface area (Å²) >= 11 is -1.44. The smallest absolute Gasteiger partial charge is 0.265 e. The predicted octanol–water partition coefficient (Wildman–Crippen LogP) is 3.78. The molecule has 6 atom stereocenters. The first-order valence-corrected chi connectivity index (χ1v) is 12.8. The van der Waals surface area contributed by atoms with Gasteiger partial charge in [-0.3, -0.25) is 9.69 Å². The van der Waals surface area contributed by atoms with E-state index in [1.165, 1.54) is 0 Å². The molecule has 0 spiro atoms. The maximum absolute atomic E-state index is 14.0. The van der Waals surface area contributed by atoms with Crippen molar-refractivity contribution in [2.75, 3.05) is 14.1 Å². The van der Waals surface area contributed by atoms with E-state index in [0.717, 1.165) is 5.56 Å². The average Bonchev–Trinajstić information content (AvgIpc) is 3.29. The van der Waals surface area contributed by atoms with Crippen molar-refractivity contribution in [2.24, 2.45) is 11.8 Å². The van der Waals surface area contributed by atoms with Gasteiger partial charge < -0.3 is 18.9 Å². The molecular weight excluding hydrogens is 464 g/mol. The minimum absolute atomic E-state index is 0.0649. The lowest BCUT2D eigenvalue weighted by molar-refractivity contribution is -0.0578. The lowest BCUT2D eigenvalue weighted by atomic mass is 9.62. The molecule has 0 saturated carbocycles. The van der Waals surface area contributed by atoms with E-state index in [4.69, 9.17) is 9.26 Å². The SMILES string of the molecule is C[C@@H]1[C@H]([S+]([O-])c2ccccc2)C=C[C@H]2[C@H](N(C)C)c3onc(OCc4ccccc4)c3C(=O)[C@@]12O. The van der Waals surface area contributed by atoms with E-state index in [1.807, 2.05) is 79.7 Å². The van der Waals surface area contributed by atoms with E-state index in [9.17, 15) is 14.5 Å². The number of ketones is 1. The number of hydrogen-bond acceptors (Lipinski definition) is 7. The molecule has 0 saturated heterocycles. The molecule has 1 heterocycles. The van der Waals surface area contributed by atoms with E-state index in [0.29, 0.717) is 10.7 Å². The normalized spacial score (nSPS) is 28.5. The van der Waals surface area contributed by atoms with E-state index in [2.05, 4.69) is 5.16 Å². The van der Waals surface area contributed by atoms with Crippen LogP contribution < -0.4 is 4.74 Å². The van der Waals surface area contributed by atoms with E-state index < -0.39 is 45.7 Å². The molecule has 0 aliphatic heterocycles. The van der Waals surface area contributed by atoms with Crippen molar-refractivity contribution in [2.45, 2.75) is 35.3 Å². The van der Waals surface area contributed by atoms with Crippen LogP contribution in [0.5, 0.6) is 5.88 Å². The number of aliphatic hydroxyl groups is 1. The first-order chi connectivity index (χ1) is 16.8. The number of carbonyl (C=O) groups is 1. The lowest BCUT2D eigenvalue weighted by Gasteiger charge is -2.49. The van der Waals surface area contributed by atoms with Gasteiger partial charge >= 0.3 is 0 Å². The maximum atomic E-state index is 14.0. The zero-order valence-corrected chi connectivity index (χ0v) is 20.6. The van der Waals surface area contributed by atoms with Gasteiger partial charge in [0.25, 0.3) is 5.88 Å². The van der Waals surface area contributed by atoms with Gasteiger partial charge in [-0.05, 0) is 54.2 Å². The van der Waals surface area contributed by atoms with E-state index in [1.54, 1.807) is 19.1 Å². The quantitative estimate of drug-likeness (QED) is 0.413. The van der Waals surface area contributed by atoms with Gasteiger partial charge in [0, 0.05) is 11.8 Å². The molecule has 0 bridgehead atoms. The molecule has 0 radical (unpaired) electrons. The molecule has 182 valence electrons. The van der Waals surface area contributed by atoms with E-state index in [-0.39, 0.29) is 18.1 Å². The second-order valence-electron chi connectivity index (χ2n) is 9.34. The maximum Gasteiger partial charge on any atom is 0.265 e. The van der Waals surface area contributed by atoms with Crippen molar-refractivity contribution < 1.29 is 23.7 Å². The molecule has 1 N–H and O–H groups in total. The average molecular weight is 493 g/mol. The summed E-state index contributed by atoms with van der Waals surface area (Å²) in [6.45, 7) is 1.99. The van der Waals surface area contributed by atoms with Crippen LogP contribution >= 0.6 is 0 Å². The summed E-state index contributed by atoms with van der Waals surface area (Å²) in [4.78, 5) is 16.5. The number of benzene rings is 2. The van der Waals surface area contributed by atoms with Gasteiger partial charge in [-0.1, -0.05) is 61.5 Å². The van der Waals surface area contributed by atoms with Gasteiger partial charge in [-0.25, -0.2) is 0 Å². The molecule has 35 heavy (non-hydrogen) atoms. The Hall–Kier alpha value is -2.91. The molecule has 2 aliphatic rings. The Balaban J connectivity index is 1.53. The fourth-order valence-corrected chi connectivity index (χ4v) is 6.76. The molecule has 1 aromatic heterocycles. The topological polar surface area (TPSA) is 98.9 Å². The highest BCUT2D eigenvalue weighted by Gasteiger charge is 2.62. The van der Waals surface area contributed by atoms with Crippen LogP contribution in [0.1, 0.15) is 34.6 Å². The van der Waals surface area contributed by atoms with E-state index >= 15 is 0 Å². The summed E-state index contributed by atoms with van der Waals surface area (Å²) in [6, 6.07) is 18.2. The summed E-state index contributed by atoms with van der Waals surface area (Å²) in [7, 11) is 3.73. The number of Topliss-reactive ketones (excluding diaryl/α,β-unsaturated/α-hetero) is 1.